The lowest BCUT2D eigenvalue weighted by molar-refractivity contribution is -0.335. The molecule has 370 valence electrons. The largest absolute Gasteiger partial charge is 0.483 e. The van der Waals surface area contributed by atoms with Crippen LogP contribution in [-0.4, -0.2) is 149 Å². The van der Waals surface area contributed by atoms with Gasteiger partial charge in [0.05, 0.1) is 42.0 Å². The van der Waals surface area contributed by atoms with Gasteiger partial charge < -0.3 is 69.5 Å². The smallest absolute Gasteiger partial charge is 0.311 e. The van der Waals surface area contributed by atoms with Crippen molar-refractivity contribution in [2.75, 3.05) is 33.3 Å². The van der Waals surface area contributed by atoms with Crippen LogP contribution < -0.4 is 20.7 Å². The monoisotopic (exact) mass is 910 g/mol. The highest BCUT2D eigenvalue weighted by molar-refractivity contribution is 5.73. The molecule has 1 aromatic carbocycles. The Morgan fingerprint density at radius 1 is 0.938 bits per heavy atom. The van der Waals surface area contributed by atoms with Crippen LogP contribution in [0.1, 0.15) is 122 Å². The molecule has 0 saturated carbocycles. The van der Waals surface area contributed by atoms with Gasteiger partial charge in [0.2, 0.25) is 0 Å². The molecule has 15 heteroatoms. The molecular formula is C49H87N3O12. The summed E-state index contributed by atoms with van der Waals surface area (Å²) in [5.41, 5.74) is -5.96. The Balaban J connectivity index is 1.86. The van der Waals surface area contributed by atoms with Crippen LogP contribution in [0, 0.1) is 23.7 Å². The van der Waals surface area contributed by atoms with Crippen molar-refractivity contribution in [3.63, 3.8) is 0 Å². The van der Waals surface area contributed by atoms with Crippen LogP contribution in [0.3, 0.4) is 0 Å². The van der Waals surface area contributed by atoms with Crippen LogP contribution in [-0.2, 0) is 33.2 Å². The fraction of sp³-hybridized carbons (Fsp3) is 0.857. The molecular weight excluding hydrogens is 823 g/mol. The molecule has 7 N–H and O–H groups in total. The third kappa shape index (κ3) is 13.2. The second-order valence-electron chi connectivity index (χ2n) is 20.5. The lowest BCUT2D eigenvalue weighted by atomic mass is 9.75. The molecule has 18 atom stereocenters. The van der Waals surface area contributed by atoms with Crippen LogP contribution in [0.15, 0.2) is 30.3 Å². The van der Waals surface area contributed by atoms with Gasteiger partial charge in [-0.3, -0.25) is 4.79 Å². The van der Waals surface area contributed by atoms with Crippen molar-refractivity contribution in [1.82, 2.24) is 16.0 Å². The first-order valence-corrected chi connectivity index (χ1v) is 24.1. The Bertz CT molecular complexity index is 1560. The summed E-state index contributed by atoms with van der Waals surface area (Å²) in [4.78, 5) is 14.6. The standard InChI is InChI=1S/C49H87N3O12/c1-15-22-50-28-49(57)35(10)60-39(25-47(49,12)58-14)63-40-32(7)43(64-45-41(61-36-20-18-17-19-21-36)37(23-31(6)59-45)52-26-29(3)4)46(11,55)24-30(5)27-51-34(9)42(53)48(13,56)38(16-2)62-44(54)33(40)8/h17-21,29-35,37-43,45,50-53,55-57H,15-16,22-28H2,1-14H3/t30-,31-,32+,33-,34-,35+,37+,38-,39+,40+,41-,42-,43-,45+,46-,47-,48-,49+/m1/s1. The fourth-order valence-electron chi connectivity index (χ4n) is 10.1. The zero-order valence-corrected chi connectivity index (χ0v) is 41.5. The summed E-state index contributed by atoms with van der Waals surface area (Å²) in [6.07, 6.45) is -5.99. The topological polar surface area (TPSA) is 199 Å². The number of hydrogen-bond acceptors (Lipinski definition) is 15. The maximum atomic E-state index is 14.6. The minimum Gasteiger partial charge on any atom is -0.483 e. The quantitative estimate of drug-likeness (QED) is 0.0944. The molecule has 0 aromatic heterocycles. The lowest BCUT2D eigenvalue weighted by Gasteiger charge is -2.53. The molecule has 3 saturated heterocycles. The van der Waals surface area contributed by atoms with E-state index in [0.29, 0.717) is 31.2 Å². The van der Waals surface area contributed by atoms with Crippen LogP contribution in [0.4, 0.5) is 0 Å². The van der Waals surface area contributed by atoms with Crippen molar-refractivity contribution < 1.29 is 58.4 Å². The van der Waals surface area contributed by atoms with Gasteiger partial charge in [0.1, 0.15) is 34.8 Å². The molecule has 3 aliphatic heterocycles. The van der Waals surface area contributed by atoms with E-state index in [1.54, 1.807) is 41.7 Å². The minimum atomic E-state index is -1.82. The summed E-state index contributed by atoms with van der Waals surface area (Å²) in [7, 11) is 1.55. The van der Waals surface area contributed by atoms with Crippen molar-refractivity contribution in [3.8, 4) is 5.75 Å². The number of rotatable bonds is 15. The molecule has 3 fully saturated rings. The number of nitrogens with one attached hydrogen (secondary N) is 3. The average molecular weight is 910 g/mol. The summed E-state index contributed by atoms with van der Waals surface area (Å²) in [6.45, 7) is 26.3. The van der Waals surface area contributed by atoms with E-state index in [9.17, 15) is 25.2 Å². The maximum absolute atomic E-state index is 14.6. The second-order valence-corrected chi connectivity index (χ2v) is 20.5. The third-order valence-corrected chi connectivity index (χ3v) is 14.2. The third-order valence-electron chi connectivity index (χ3n) is 14.2. The first kappa shape index (κ1) is 54.6. The minimum absolute atomic E-state index is 0.101. The Morgan fingerprint density at radius 3 is 2.22 bits per heavy atom. The predicted octanol–water partition coefficient (Wildman–Crippen LogP) is 4.70. The van der Waals surface area contributed by atoms with E-state index in [1.807, 2.05) is 58.0 Å². The number of methoxy groups -OCH3 is 1. The van der Waals surface area contributed by atoms with Crippen molar-refractivity contribution in [3.05, 3.63) is 30.3 Å². The van der Waals surface area contributed by atoms with E-state index in [0.717, 1.165) is 13.0 Å². The normalized spacial score (nSPS) is 43.3. The summed E-state index contributed by atoms with van der Waals surface area (Å²) in [5, 5.41) is 58.8. The molecule has 0 bridgehead atoms. The van der Waals surface area contributed by atoms with Crippen molar-refractivity contribution >= 4 is 5.97 Å². The molecule has 3 heterocycles. The molecule has 0 aliphatic carbocycles. The molecule has 0 amide bonds. The number of ether oxygens (including phenoxy) is 7. The number of benzene rings is 1. The number of esters is 1. The van der Waals surface area contributed by atoms with Gasteiger partial charge in [-0.05, 0) is 118 Å². The predicted molar refractivity (Wildman–Crippen MR) is 246 cm³/mol. The Hall–Kier alpha value is -1.99. The highest BCUT2D eigenvalue weighted by Crippen LogP contribution is 2.43. The summed E-state index contributed by atoms with van der Waals surface area (Å²) >= 11 is 0. The van der Waals surface area contributed by atoms with Crippen LogP contribution >= 0.6 is 0 Å². The number of cyclic esters (lactones) is 1. The van der Waals surface area contributed by atoms with Crippen LogP contribution in [0.5, 0.6) is 5.75 Å². The van der Waals surface area contributed by atoms with Gasteiger partial charge in [-0.25, -0.2) is 0 Å². The molecule has 15 nitrogen and oxygen atoms in total. The van der Waals surface area contributed by atoms with Gasteiger partial charge in [0.25, 0.3) is 0 Å². The molecule has 1 aromatic rings. The van der Waals surface area contributed by atoms with Crippen molar-refractivity contribution in [2.45, 2.75) is 212 Å². The molecule has 64 heavy (non-hydrogen) atoms. The van der Waals surface area contributed by atoms with E-state index in [2.05, 4.69) is 36.7 Å². The maximum Gasteiger partial charge on any atom is 0.311 e. The van der Waals surface area contributed by atoms with Crippen LogP contribution in [0.2, 0.25) is 0 Å². The van der Waals surface area contributed by atoms with E-state index in [4.69, 9.17) is 33.2 Å². The Labute approximate surface area is 384 Å². The van der Waals surface area contributed by atoms with Gasteiger partial charge in [-0.1, -0.05) is 59.7 Å². The second kappa shape index (κ2) is 23.3. The fourth-order valence-corrected chi connectivity index (χ4v) is 10.1. The Morgan fingerprint density at radius 2 is 1.61 bits per heavy atom. The first-order chi connectivity index (χ1) is 29.9. The number of carbonyl (C=O) groups excluding carboxylic acids is 1. The highest BCUT2D eigenvalue weighted by Gasteiger charge is 2.58. The average Bonchev–Trinajstić information content (AvgIpc) is 3.23. The number of carbonyl (C=O) groups is 1. The van der Waals surface area contributed by atoms with Gasteiger partial charge in [0, 0.05) is 32.0 Å². The molecule has 0 radical (unpaired) electrons. The van der Waals surface area contributed by atoms with Gasteiger partial charge >= 0.3 is 5.97 Å². The summed E-state index contributed by atoms with van der Waals surface area (Å²) in [5.74, 6) is -1.62. The van der Waals surface area contributed by atoms with Crippen LogP contribution in [0.25, 0.3) is 0 Å². The van der Waals surface area contributed by atoms with Gasteiger partial charge in [-0.2, -0.15) is 0 Å². The number of hydrogen-bond donors (Lipinski definition) is 7. The molecule has 4 rings (SSSR count). The highest BCUT2D eigenvalue weighted by atomic mass is 16.7. The van der Waals surface area contributed by atoms with E-state index < -0.39 is 95.5 Å². The van der Waals surface area contributed by atoms with Gasteiger partial charge in [-0.15, -0.1) is 0 Å². The lowest BCUT2D eigenvalue weighted by Crippen LogP contribution is -2.70. The summed E-state index contributed by atoms with van der Waals surface area (Å²) in [6, 6.07) is 8.75. The molecule has 0 unspecified atom stereocenters. The molecule has 0 spiro atoms. The number of aliphatic hydroxyl groups is 4. The number of para-hydroxylation sites is 1. The Kier molecular flexibility index (Phi) is 19.9. The first-order valence-electron chi connectivity index (χ1n) is 24.1. The van der Waals surface area contributed by atoms with Crippen molar-refractivity contribution in [2.24, 2.45) is 23.7 Å². The van der Waals surface area contributed by atoms with Gasteiger partial charge in [0.15, 0.2) is 18.7 Å². The van der Waals surface area contributed by atoms with E-state index in [-0.39, 0.29) is 43.9 Å². The SMILES string of the molecule is CCCNC[C@]1(O)[C@H](C)O[C@@H](O[C@H]2[C@H](C)[C@@H](O[C@@H]3O[C@H](C)C[C@H](NCC(C)C)[C@H]3Oc3ccccc3)[C@](C)(O)C[C@@H](C)CN[C@H](C)[C@@H](O)[C@](C)(O)[C@@H](CC)OC(=O)[C@@H]2C)C[C@@]1(C)OC. The summed E-state index contributed by atoms with van der Waals surface area (Å²) < 4.78 is 46.3. The molecule has 3 aliphatic rings. The van der Waals surface area contributed by atoms with E-state index in [1.165, 1.54) is 6.92 Å². The van der Waals surface area contributed by atoms with Crippen molar-refractivity contribution in [1.29, 1.82) is 0 Å². The number of aliphatic hydroxyl groups excluding tert-OH is 1. The zero-order chi connectivity index (χ0) is 47.8. The zero-order valence-electron chi connectivity index (χ0n) is 41.5. The van der Waals surface area contributed by atoms with E-state index >= 15 is 0 Å².